The van der Waals surface area contributed by atoms with Crippen molar-refractivity contribution in [3.8, 4) is 17.0 Å². The number of nitrogens with zero attached hydrogens (tertiary/aromatic N) is 3. The average Bonchev–Trinajstić information content (AvgIpc) is 3.22. The van der Waals surface area contributed by atoms with Crippen LogP contribution < -0.4 is 4.74 Å². The van der Waals surface area contributed by atoms with Crippen LogP contribution in [0.15, 0.2) is 65.7 Å². The number of rotatable bonds is 8. The predicted molar refractivity (Wildman–Crippen MR) is 123 cm³/mol. The zero-order chi connectivity index (χ0) is 25.0. The van der Waals surface area contributed by atoms with Gasteiger partial charge in [-0.15, -0.1) is 0 Å². The van der Waals surface area contributed by atoms with Gasteiger partial charge in [-0.25, -0.2) is 21.6 Å². The number of hydrogen-bond acceptors (Lipinski definition) is 5. The fourth-order valence-corrected chi connectivity index (χ4v) is 4.53. The van der Waals surface area contributed by atoms with E-state index in [-0.39, 0.29) is 41.0 Å². The molecule has 0 atom stereocenters. The Morgan fingerprint density at radius 2 is 1.76 bits per heavy atom. The van der Waals surface area contributed by atoms with Crippen LogP contribution in [0, 0.1) is 5.82 Å². The Bertz CT molecular complexity index is 1320. The van der Waals surface area contributed by atoms with Crippen LogP contribution in [-0.4, -0.2) is 67.0 Å². The Balaban J connectivity index is 2.06. The summed E-state index contributed by atoms with van der Waals surface area (Å²) in [6.45, 7) is -0.374. The molecule has 0 saturated carbocycles. The first-order valence-electron chi connectivity index (χ1n) is 10.1. The van der Waals surface area contributed by atoms with E-state index in [9.17, 15) is 27.5 Å². The molecule has 9 nitrogen and oxygen atoms in total. The van der Waals surface area contributed by atoms with E-state index in [0.29, 0.717) is 5.56 Å². The summed E-state index contributed by atoms with van der Waals surface area (Å²) in [6.07, 6.45) is 0.0693. The van der Waals surface area contributed by atoms with Gasteiger partial charge in [-0.2, -0.15) is 0 Å². The van der Waals surface area contributed by atoms with Crippen molar-refractivity contribution in [1.29, 1.82) is 0 Å². The summed E-state index contributed by atoms with van der Waals surface area (Å²) in [5, 5.41) is 9.17. The maximum atomic E-state index is 14.6. The summed E-state index contributed by atoms with van der Waals surface area (Å²) in [4.78, 5) is 25.2. The summed E-state index contributed by atoms with van der Waals surface area (Å²) in [7, 11) is 0.245. The number of halogens is 1. The van der Waals surface area contributed by atoms with E-state index in [0.717, 1.165) is 8.87 Å². The summed E-state index contributed by atoms with van der Waals surface area (Å²) < 4.78 is 48.0. The van der Waals surface area contributed by atoms with Gasteiger partial charge < -0.3 is 19.6 Å². The van der Waals surface area contributed by atoms with Gasteiger partial charge in [0, 0.05) is 39.0 Å². The number of amides is 2. The van der Waals surface area contributed by atoms with Crippen LogP contribution in [0.25, 0.3) is 11.3 Å². The molecule has 1 aromatic heterocycles. The predicted octanol–water partition coefficient (Wildman–Crippen LogP) is 3.11. The molecule has 0 fully saturated rings. The fraction of sp³-hybridized carbons (Fsp3) is 0.217. The first-order chi connectivity index (χ1) is 16.0. The van der Waals surface area contributed by atoms with E-state index in [4.69, 9.17) is 4.74 Å². The monoisotopic (exact) mass is 489 g/mol. The molecule has 0 aliphatic carbocycles. The molecule has 1 N–H and O–H groups in total. The topological polar surface area (TPSA) is 109 Å². The number of hydrogen-bond donors (Lipinski definition) is 1. The minimum atomic E-state index is -4.24. The van der Waals surface area contributed by atoms with Crippen LogP contribution >= 0.6 is 0 Å². The Labute approximate surface area is 196 Å². The minimum absolute atomic E-state index is 0.0410. The molecule has 3 aromatic rings. The third kappa shape index (κ3) is 5.37. The maximum absolute atomic E-state index is 14.6. The highest BCUT2D eigenvalue weighted by Gasteiger charge is 2.24. The zero-order valence-electron chi connectivity index (χ0n) is 18.8. The Hall–Kier alpha value is -3.86. The highest BCUT2D eigenvalue weighted by Crippen LogP contribution is 2.30. The Kier molecular flexibility index (Phi) is 7.26. The van der Waals surface area contributed by atoms with Crippen LogP contribution in [0.4, 0.5) is 9.18 Å². The molecule has 0 bridgehead atoms. The van der Waals surface area contributed by atoms with E-state index in [1.54, 1.807) is 20.2 Å². The molecular formula is C23H24FN3O6S. The van der Waals surface area contributed by atoms with Crippen LogP contribution in [0.5, 0.6) is 5.75 Å². The fourth-order valence-electron chi connectivity index (χ4n) is 3.10. The number of likely N-dealkylation sites (N-methyl/N-ethyl adjacent to an activating group) is 1. The molecule has 0 saturated heterocycles. The molecule has 34 heavy (non-hydrogen) atoms. The highest BCUT2D eigenvalue weighted by atomic mass is 32.2. The molecule has 0 unspecified atom stereocenters. The summed E-state index contributed by atoms with van der Waals surface area (Å²) in [5.41, 5.74) is 0.441. The van der Waals surface area contributed by atoms with Gasteiger partial charge in [-0.3, -0.25) is 4.79 Å². The number of aromatic nitrogens is 1. The number of carboxylic acid groups (broad SMARTS) is 1. The van der Waals surface area contributed by atoms with Crippen molar-refractivity contribution in [2.45, 2.75) is 11.4 Å². The second-order valence-corrected chi connectivity index (χ2v) is 9.52. The third-order valence-electron chi connectivity index (χ3n) is 4.96. The number of ether oxygens (including phenoxy) is 1. The summed E-state index contributed by atoms with van der Waals surface area (Å²) in [5.74, 6) is -0.760. The van der Waals surface area contributed by atoms with E-state index in [1.807, 2.05) is 0 Å². The zero-order valence-corrected chi connectivity index (χ0v) is 19.6. The lowest BCUT2D eigenvalue weighted by Gasteiger charge is -2.14. The molecule has 2 aromatic carbocycles. The lowest BCUT2D eigenvalue weighted by atomic mass is 10.1. The minimum Gasteiger partial charge on any atom is -0.484 e. The van der Waals surface area contributed by atoms with E-state index >= 15 is 0 Å². The van der Waals surface area contributed by atoms with Crippen LogP contribution in [0.1, 0.15) is 5.56 Å². The van der Waals surface area contributed by atoms with Crippen LogP contribution in [0.2, 0.25) is 0 Å². The van der Waals surface area contributed by atoms with Crippen molar-refractivity contribution >= 4 is 22.0 Å². The SMILES string of the molecule is CN(C)C(=O)COc1cccc(S(=O)(=O)n2cc(CN(C)C(=O)O)cc2-c2ccccc2F)c1. The molecule has 3 rings (SSSR count). The van der Waals surface area contributed by atoms with Crippen LogP contribution in [0.3, 0.4) is 0 Å². The van der Waals surface area contributed by atoms with E-state index < -0.39 is 21.9 Å². The summed E-state index contributed by atoms with van der Waals surface area (Å²) in [6, 6.07) is 12.7. The van der Waals surface area contributed by atoms with Gasteiger partial charge in [-0.05, 0) is 35.9 Å². The van der Waals surface area contributed by atoms with Crippen molar-refractivity contribution in [2.75, 3.05) is 27.7 Å². The number of benzene rings is 2. The van der Waals surface area contributed by atoms with Crippen molar-refractivity contribution in [3.63, 3.8) is 0 Å². The molecule has 2 amide bonds. The van der Waals surface area contributed by atoms with E-state index in [2.05, 4.69) is 0 Å². The van der Waals surface area contributed by atoms with Gasteiger partial charge in [0.1, 0.15) is 11.6 Å². The Morgan fingerprint density at radius 3 is 2.41 bits per heavy atom. The normalized spacial score (nSPS) is 11.2. The molecule has 0 aliphatic heterocycles. The van der Waals surface area contributed by atoms with Gasteiger partial charge in [-0.1, -0.05) is 18.2 Å². The first kappa shape index (κ1) is 24.8. The van der Waals surface area contributed by atoms with Crippen molar-refractivity contribution in [2.24, 2.45) is 0 Å². The van der Waals surface area contributed by atoms with Crippen molar-refractivity contribution in [1.82, 2.24) is 13.8 Å². The lowest BCUT2D eigenvalue weighted by Crippen LogP contribution is -2.27. The quantitative estimate of drug-likeness (QED) is 0.521. The van der Waals surface area contributed by atoms with Gasteiger partial charge >= 0.3 is 6.09 Å². The average molecular weight is 490 g/mol. The number of carbonyl (C=O) groups is 2. The second kappa shape index (κ2) is 9.96. The standard InChI is InChI=1S/C23H24FN3O6S/c1-25(2)22(28)15-33-17-7-6-8-18(12-17)34(31,32)27-14-16(13-26(3)23(29)30)11-21(27)19-9-4-5-10-20(19)24/h4-12,14H,13,15H2,1-3H3,(H,29,30). The largest absolute Gasteiger partial charge is 0.484 e. The Morgan fingerprint density at radius 1 is 1.06 bits per heavy atom. The molecule has 0 spiro atoms. The van der Waals surface area contributed by atoms with Gasteiger partial charge in [0.15, 0.2) is 6.61 Å². The third-order valence-corrected chi connectivity index (χ3v) is 6.63. The second-order valence-electron chi connectivity index (χ2n) is 7.70. The van der Waals surface area contributed by atoms with E-state index in [1.165, 1.54) is 66.7 Å². The van der Waals surface area contributed by atoms with Gasteiger partial charge in [0.25, 0.3) is 15.9 Å². The highest BCUT2D eigenvalue weighted by molar-refractivity contribution is 7.90. The molecule has 11 heteroatoms. The first-order valence-corrected chi connectivity index (χ1v) is 11.5. The molecule has 180 valence electrons. The molecular weight excluding hydrogens is 465 g/mol. The smallest absolute Gasteiger partial charge is 0.407 e. The number of carbonyl (C=O) groups excluding carboxylic acids is 1. The van der Waals surface area contributed by atoms with Crippen molar-refractivity contribution < 1.29 is 32.2 Å². The van der Waals surface area contributed by atoms with Crippen LogP contribution in [-0.2, 0) is 21.4 Å². The maximum Gasteiger partial charge on any atom is 0.407 e. The van der Waals surface area contributed by atoms with Gasteiger partial charge in [0.2, 0.25) is 0 Å². The molecule has 0 aliphatic rings. The molecule has 1 heterocycles. The van der Waals surface area contributed by atoms with Gasteiger partial charge in [0.05, 0.1) is 17.1 Å². The summed E-state index contributed by atoms with van der Waals surface area (Å²) >= 11 is 0. The van der Waals surface area contributed by atoms with Crippen molar-refractivity contribution in [3.05, 3.63) is 72.2 Å². The lowest BCUT2D eigenvalue weighted by molar-refractivity contribution is -0.130. The molecule has 0 radical (unpaired) electrons.